The van der Waals surface area contributed by atoms with Gasteiger partial charge in [0.25, 0.3) is 0 Å². The molecule has 0 aliphatic rings. The van der Waals surface area contributed by atoms with Crippen LogP contribution in [-0.2, 0) is 0 Å². The zero-order chi connectivity index (χ0) is 8.97. The van der Waals surface area contributed by atoms with Crippen molar-refractivity contribution in [2.75, 3.05) is 12.3 Å². The molecule has 1 rings (SSSR count). The van der Waals surface area contributed by atoms with E-state index in [0.717, 1.165) is 5.75 Å². The van der Waals surface area contributed by atoms with Crippen molar-refractivity contribution in [2.24, 2.45) is 5.73 Å². The second-order valence-corrected chi connectivity index (χ2v) is 3.34. The normalized spacial score (nSPS) is 12.9. The van der Waals surface area contributed by atoms with E-state index in [1.807, 2.05) is 6.07 Å². The predicted octanol–water partition coefficient (Wildman–Crippen LogP) is 1.97. The molecule has 0 aliphatic carbocycles. The largest absolute Gasteiger partial charge is 0.330 e. The van der Waals surface area contributed by atoms with Crippen molar-refractivity contribution in [1.82, 2.24) is 0 Å². The SMILES string of the molecule is Cc1ccccc1C(CN)CS. The first-order chi connectivity index (χ1) is 5.79. The van der Waals surface area contributed by atoms with Gasteiger partial charge in [-0.05, 0) is 30.3 Å². The van der Waals surface area contributed by atoms with E-state index in [1.165, 1.54) is 11.1 Å². The first-order valence-corrected chi connectivity index (χ1v) is 4.79. The standard InChI is InChI=1S/C10H15NS/c1-8-4-2-3-5-10(8)9(6-11)7-12/h2-5,9,12H,6-7,11H2,1H3. The highest BCUT2D eigenvalue weighted by Gasteiger charge is 2.08. The molecule has 0 heterocycles. The summed E-state index contributed by atoms with van der Waals surface area (Å²) in [7, 11) is 0. The van der Waals surface area contributed by atoms with Crippen LogP contribution in [0.25, 0.3) is 0 Å². The molecule has 0 saturated carbocycles. The Morgan fingerprint density at radius 3 is 2.58 bits per heavy atom. The van der Waals surface area contributed by atoms with Gasteiger partial charge in [0, 0.05) is 5.92 Å². The lowest BCUT2D eigenvalue weighted by molar-refractivity contribution is 0.781. The number of nitrogens with two attached hydrogens (primary N) is 1. The molecule has 0 aromatic heterocycles. The molecule has 66 valence electrons. The van der Waals surface area contributed by atoms with E-state index in [4.69, 9.17) is 5.73 Å². The maximum atomic E-state index is 5.64. The molecule has 0 saturated heterocycles. The first kappa shape index (κ1) is 9.62. The molecule has 0 amide bonds. The van der Waals surface area contributed by atoms with Crippen LogP contribution in [0.3, 0.4) is 0 Å². The van der Waals surface area contributed by atoms with Crippen LogP contribution in [0.4, 0.5) is 0 Å². The van der Waals surface area contributed by atoms with Gasteiger partial charge in [-0.25, -0.2) is 0 Å². The fourth-order valence-electron chi connectivity index (χ4n) is 1.34. The van der Waals surface area contributed by atoms with Crippen molar-refractivity contribution in [2.45, 2.75) is 12.8 Å². The minimum absolute atomic E-state index is 0.398. The van der Waals surface area contributed by atoms with Gasteiger partial charge in [0.1, 0.15) is 0 Å². The highest BCUT2D eigenvalue weighted by molar-refractivity contribution is 7.80. The van der Waals surface area contributed by atoms with E-state index < -0.39 is 0 Å². The van der Waals surface area contributed by atoms with Gasteiger partial charge in [0.05, 0.1) is 0 Å². The number of thiol groups is 1. The minimum Gasteiger partial charge on any atom is -0.330 e. The number of hydrogen-bond donors (Lipinski definition) is 2. The Hall–Kier alpha value is -0.470. The molecular weight excluding hydrogens is 166 g/mol. The van der Waals surface area contributed by atoms with Gasteiger partial charge in [-0.1, -0.05) is 24.3 Å². The Morgan fingerprint density at radius 1 is 1.42 bits per heavy atom. The highest BCUT2D eigenvalue weighted by atomic mass is 32.1. The fraction of sp³-hybridized carbons (Fsp3) is 0.400. The maximum absolute atomic E-state index is 5.64. The van der Waals surface area contributed by atoms with Crippen molar-refractivity contribution >= 4 is 12.6 Å². The van der Waals surface area contributed by atoms with E-state index >= 15 is 0 Å². The third kappa shape index (κ3) is 2.02. The van der Waals surface area contributed by atoms with Crippen LogP contribution in [0.15, 0.2) is 24.3 Å². The molecule has 2 N–H and O–H groups in total. The molecule has 2 heteroatoms. The van der Waals surface area contributed by atoms with E-state index in [9.17, 15) is 0 Å². The zero-order valence-corrected chi connectivity index (χ0v) is 8.22. The molecule has 1 aromatic carbocycles. The smallest absolute Gasteiger partial charge is 0.00520 e. The summed E-state index contributed by atoms with van der Waals surface area (Å²) in [4.78, 5) is 0. The van der Waals surface area contributed by atoms with Crippen LogP contribution in [0.1, 0.15) is 17.0 Å². The summed E-state index contributed by atoms with van der Waals surface area (Å²) in [5, 5.41) is 0. The summed E-state index contributed by atoms with van der Waals surface area (Å²) in [6.45, 7) is 2.79. The third-order valence-electron chi connectivity index (χ3n) is 2.13. The quantitative estimate of drug-likeness (QED) is 0.685. The molecule has 0 bridgehead atoms. The van der Waals surface area contributed by atoms with Crippen LogP contribution in [0.5, 0.6) is 0 Å². The summed E-state index contributed by atoms with van der Waals surface area (Å²) < 4.78 is 0. The van der Waals surface area contributed by atoms with Gasteiger partial charge in [-0.2, -0.15) is 12.6 Å². The minimum atomic E-state index is 0.398. The predicted molar refractivity (Wildman–Crippen MR) is 56.8 cm³/mol. The molecule has 0 radical (unpaired) electrons. The Kier molecular flexibility index (Phi) is 3.63. The van der Waals surface area contributed by atoms with Gasteiger partial charge in [-0.3, -0.25) is 0 Å². The van der Waals surface area contributed by atoms with Gasteiger partial charge in [0.15, 0.2) is 0 Å². The van der Waals surface area contributed by atoms with Crippen LogP contribution in [-0.4, -0.2) is 12.3 Å². The van der Waals surface area contributed by atoms with Crippen molar-refractivity contribution in [3.05, 3.63) is 35.4 Å². The van der Waals surface area contributed by atoms with Gasteiger partial charge in [-0.15, -0.1) is 0 Å². The second kappa shape index (κ2) is 4.53. The lowest BCUT2D eigenvalue weighted by Gasteiger charge is -2.14. The molecule has 1 unspecified atom stereocenters. The fourth-order valence-corrected chi connectivity index (χ4v) is 1.69. The summed E-state index contributed by atoms with van der Waals surface area (Å²) in [6.07, 6.45) is 0. The summed E-state index contributed by atoms with van der Waals surface area (Å²) in [5.74, 6) is 1.22. The van der Waals surface area contributed by atoms with Crippen LogP contribution >= 0.6 is 12.6 Å². The number of aryl methyl sites for hydroxylation is 1. The molecule has 12 heavy (non-hydrogen) atoms. The van der Waals surface area contributed by atoms with Gasteiger partial charge in [0.2, 0.25) is 0 Å². The molecule has 0 spiro atoms. The zero-order valence-electron chi connectivity index (χ0n) is 7.33. The molecule has 1 atom stereocenters. The summed E-state index contributed by atoms with van der Waals surface area (Å²) in [5.41, 5.74) is 8.27. The Labute approximate surface area is 79.4 Å². The summed E-state index contributed by atoms with van der Waals surface area (Å²) in [6, 6.07) is 8.34. The lowest BCUT2D eigenvalue weighted by Crippen LogP contribution is -2.14. The molecule has 1 aromatic rings. The maximum Gasteiger partial charge on any atom is 0.00520 e. The van der Waals surface area contributed by atoms with E-state index in [-0.39, 0.29) is 0 Å². The van der Waals surface area contributed by atoms with Crippen LogP contribution in [0.2, 0.25) is 0 Å². The van der Waals surface area contributed by atoms with E-state index in [1.54, 1.807) is 0 Å². The third-order valence-corrected chi connectivity index (χ3v) is 2.57. The van der Waals surface area contributed by atoms with Crippen LogP contribution < -0.4 is 5.73 Å². The van der Waals surface area contributed by atoms with E-state index in [0.29, 0.717) is 12.5 Å². The topological polar surface area (TPSA) is 26.0 Å². The number of hydrogen-bond acceptors (Lipinski definition) is 2. The molecule has 0 fully saturated rings. The van der Waals surface area contributed by atoms with E-state index in [2.05, 4.69) is 37.8 Å². The Bertz CT molecular complexity index is 243. The number of benzene rings is 1. The van der Waals surface area contributed by atoms with Crippen molar-refractivity contribution < 1.29 is 0 Å². The molecule has 1 nitrogen and oxygen atoms in total. The number of rotatable bonds is 3. The van der Waals surface area contributed by atoms with Crippen molar-refractivity contribution in [3.8, 4) is 0 Å². The monoisotopic (exact) mass is 181 g/mol. The highest BCUT2D eigenvalue weighted by Crippen LogP contribution is 2.19. The average Bonchev–Trinajstić information content (AvgIpc) is 2.10. The Morgan fingerprint density at radius 2 is 2.08 bits per heavy atom. The van der Waals surface area contributed by atoms with Gasteiger partial charge < -0.3 is 5.73 Å². The molecule has 0 aliphatic heterocycles. The Balaban J connectivity index is 2.92. The molecular formula is C10H15NS. The average molecular weight is 181 g/mol. The first-order valence-electron chi connectivity index (χ1n) is 4.16. The second-order valence-electron chi connectivity index (χ2n) is 2.97. The summed E-state index contributed by atoms with van der Waals surface area (Å²) >= 11 is 4.27. The van der Waals surface area contributed by atoms with Crippen molar-refractivity contribution in [1.29, 1.82) is 0 Å². The lowest BCUT2D eigenvalue weighted by atomic mass is 9.97. The van der Waals surface area contributed by atoms with Crippen LogP contribution in [0, 0.1) is 6.92 Å². The van der Waals surface area contributed by atoms with Crippen molar-refractivity contribution in [3.63, 3.8) is 0 Å². The van der Waals surface area contributed by atoms with Gasteiger partial charge >= 0.3 is 0 Å².